The lowest BCUT2D eigenvalue weighted by atomic mass is 9.95. The Morgan fingerprint density at radius 2 is 1.07 bits per heavy atom. The molecule has 1 atom stereocenters. The van der Waals surface area contributed by atoms with Crippen LogP contribution in [0.3, 0.4) is 0 Å². The van der Waals surface area contributed by atoms with Gasteiger partial charge in [0.2, 0.25) is 0 Å². The zero-order valence-corrected chi connectivity index (χ0v) is 25.9. The lowest BCUT2D eigenvalue weighted by Crippen LogP contribution is -2.09. The van der Waals surface area contributed by atoms with Crippen LogP contribution in [0.5, 0.6) is 0 Å². The van der Waals surface area contributed by atoms with Gasteiger partial charge in [0.05, 0.1) is 5.69 Å². The van der Waals surface area contributed by atoms with Gasteiger partial charge in [0.1, 0.15) is 5.37 Å². The number of rotatable bonds is 5. The Bertz CT molecular complexity index is 2370. The van der Waals surface area contributed by atoms with Crippen molar-refractivity contribution in [3.05, 3.63) is 175 Å². The summed E-state index contributed by atoms with van der Waals surface area (Å²) in [5.74, 6) is 0. The second-order valence-electron chi connectivity index (χ2n) is 11.8. The maximum Gasteiger partial charge on any atom is 0.103 e. The Labute approximate surface area is 272 Å². The fourth-order valence-electron chi connectivity index (χ4n) is 6.80. The fourth-order valence-corrected chi connectivity index (χ4v) is 8.10. The minimum Gasteiger partial charge on any atom is -0.368 e. The van der Waals surface area contributed by atoms with Gasteiger partial charge >= 0.3 is 0 Å². The highest BCUT2D eigenvalue weighted by molar-refractivity contribution is 8.00. The molecule has 0 saturated carbocycles. The third-order valence-electron chi connectivity index (χ3n) is 9.06. The molecule has 0 bridgehead atoms. The topological polar surface area (TPSA) is 15.3 Å². The second-order valence-corrected chi connectivity index (χ2v) is 12.9. The van der Waals surface area contributed by atoms with Crippen molar-refractivity contribution in [1.29, 1.82) is 0 Å². The predicted molar refractivity (Wildman–Crippen MR) is 198 cm³/mol. The van der Waals surface area contributed by atoms with Crippen molar-refractivity contribution >= 4 is 66.8 Å². The maximum absolute atomic E-state index is 3.84. The number of nitrogens with zero attached hydrogens (tertiary/aromatic N) is 1. The van der Waals surface area contributed by atoms with E-state index in [2.05, 4.69) is 180 Å². The summed E-state index contributed by atoms with van der Waals surface area (Å²) in [4.78, 5) is 3.67. The first-order valence-electron chi connectivity index (χ1n) is 15.7. The molecule has 1 heterocycles. The number of benzene rings is 8. The zero-order valence-electron chi connectivity index (χ0n) is 25.1. The van der Waals surface area contributed by atoms with E-state index in [-0.39, 0.29) is 5.37 Å². The van der Waals surface area contributed by atoms with Crippen molar-refractivity contribution in [2.45, 2.75) is 10.3 Å². The summed E-state index contributed by atoms with van der Waals surface area (Å²) in [5.41, 5.74) is 8.37. The Hall–Kier alpha value is -5.51. The summed E-state index contributed by atoms with van der Waals surface area (Å²) in [6, 6.07) is 61.4. The van der Waals surface area contributed by atoms with Gasteiger partial charge in [0.25, 0.3) is 0 Å². The largest absolute Gasteiger partial charge is 0.368 e. The molecule has 8 aromatic rings. The van der Waals surface area contributed by atoms with Gasteiger partial charge < -0.3 is 10.2 Å². The van der Waals surface area contributed by atoms with Crippen LogP contribution in [0.4, 0.5) is 22.7 Å². The number of thioether (sulfide) groups is 1. The standard InChI is InChI=1S/C43H30N2S/c1-3-12-31(13-4-1)43-44-41-38-18-10-9-17-37(38)40-28-33(22-26-39(40)42(41)46-43)30-19-23-35(24-20-30)45(34-15-5-2-6-16-34)36-25-21-29-11-7-8-14-32(29)27-36/h1-28,43-44H. The predicted octanol–water partition coefficient (Wildman–Crippen LogP) is 12.5. The average Bonchev–Trinajstić information content (AvgIpc) is 3.59. The molecule has 0 amide bonds. The third kappa shape index (κ3) is 4.60. The molecule has 0 aliphatic carbocycles. The SMILES string of the molecule is c1ccc(C2Nc3c(c4ccc(-c5ccc(N(c6ccccc6)c6ccc7ccccc7c6)cc5)cc4c4ccccc34)S2)cc1. The van der Waals surface area contributed by atoms with Gasteiger partial charge in [-0.1, -0.05) is 139 Å². The van der Waals surface area contributed by atoms with Crippen LogP contribution in [-0.2, 0) is 0 Å². The quantitative estimate of drug-likeness (QED) is 0.196. The van der Waals surface area contributed by atoms with Crippen LogP contribution in [0.2, 0.25) is 0 Å². The van der Waals surface area contributed by atoms with Gasteiger partial charge in [-0.15, -0.1) is 0 Å². The van der Waals surface area contributed by atoms with Crippen LogP contribution in [0.15, 0.2) is 175 Å². The summed E-state index contributed by atoms with van der Waals surface area (Å²) in [6.07, 6.45) is 0. The molecule has 2 nitrogen and oxygen atoms in total. The highest BCUT2D eigenvalue weighted by Gasteiger charge is 2.27. The van der Waals surface area contributed by atoms with E-state index in [1.807, 2.05) is 11.8 Å². The van der Waals surface area contributed by atoms with Crippen molar-refractivity contribution in [1.82, 2.24) is 0 Å². The van der Waals surface area contributed by atoms with Crippen LogP contribution >= 0.6 is 11.8 Å². The molecule has 218 valence electrons. The molecule has 0 spiro atoms. The highest BCUT2D eigenvalue weighted by atomic mass is 32.2. The van der Waals surface area contributed by atoms with Crippen molar-refractivity contribution in [3.63, 3.8) is 0 Å². The summed E-state index contributed by atoms with van der Waals surface area (Å²) in [6.45, 7) is 0. The first-order valence-corrected chi connectivity index (χ1v) is 16.6. The third-order valence-corrected chi connectivity index (χ3v) is 10.3. The first-order chi connectivity index (χ1) is 22.8. The van der Waals surface area contributed by atoms with Crippen molar-refractivity contribution in [2.75, 3.05) is 10.2 Å². The molecular weight excluding hydrogens is 577 g/mol. The van der Waals surface area contributed by atoms with E-state index >= 15 is 0 Å². The number of para-hydroxylation sites is 1. The number of anilines is 4. The van der Waals surface area contributed by atoms with E-state index in [1.54, 1.807) is 0 Å². The molecule has 1 N–H and O–H groups in total. The molecule has 9 rings (SSSR count). The summed E-state index contributed by atoms with van der Waals surface area (Å²) in [7, 11) is 0. The van der Waals surface area contributed by atoms with Gasteiger partial charge in [0, 0.05) is 27.3 Å². The van der Waals surface area contributed by atoms with Crippen molar-refractivity contribution in [2.24, 2.45) is 0 Å². The van der Waals surface area contributed by atoms with Crippen LogP contribution in [0.1, 0.15) is 10.9 Å². The van der Waals surface area contributed by atoms with Crippen LogP contribution in [-0.4, -0.2) is 0 Å². The molecule has 0 saturated heterocycles. The van der Waals surface area contributed by atoms with E-state index in [9.17, 15) is 0 Å². The van der Waals surface area contributed by atoms with Gasteiger partial charge in [-0.3, -0.25) is 0 Å². The molecule has 46 heavy (non-hydrogen) atoms. The number of nitrogens with one attached hydrogen (secondary N) is 1. The zero-order chi connectivity index (χ0) is 30.5. The fraction of sp³-hybridized carbons (Fsp3) is 0.0233. The van der Waals surface area contributed by atoms with E-state index in [0.29, 0.717) is 0 Å². The van der Waals surface area contributed by atoms with Gasteiger partial charge in [-0.2, -0.15) is 0 Å². The minimum atomic E-state index is 0.201. The van der Waals surface area contributed by atoms with Gasteiger partial charge in [0.15, 0.2) is 0 Å². The first kappa shape index (κ1) is 26.9. The van der Waals surface area contributed by atoms with Crippen molar-refractivity contribution in [3.8, 4) is 11.1 Å². The number of fused-ring (bicyclic) bond motifs is 7. The molecule has 3 heteroatoms. The molecule has 8 aromatic carbocycles. The van der Waals surface area contributed by atoms with Gasteiger partial charge in [-0.25, -0.2) is 0 Å². The molecular formula is C43H30N2S. The summed E-state index contributed by atoms with van der Waals surface area (Å²) >= 11 is 1.92. The average molecular weight is 607 g/mol. The summed E-state index contributed by atoms with van der Waals surface area (Å²) in [5, 5.41) is 11.7. The monoisotopic (exact) mass is 606 g/mol. The second kappa shape index (κ2) is 11.1. The Kier molecular flexibility index (Phi) is 6.50. The summed E-state index contributed by atoms with van der Waals surface area (Å²) < 4.78 is 0. The van der Waals surface area contributed by atoms with E-state index in [1.165, 1.54) is 59.6 Å². The Balaban J connectivity index is 1.12. The number of hydrogen-bond acceptors (Lipinski definition) is 3. The van der Waals surface area contributed by atoms with E-state index < -0.39 is 0 Å². The van der Waals surface area contributed by atoms with Crippen LogP contribution in [0.25, 0.3) is 43.4 Å². The Morgan fingerprint density at radius 3 is 1.87 bits per heavy atom. The molecule has 1 unspecified atom stereocenters. The van der Waals surface area contributed by atoms with Gasteiger partial charge in [-0.05, 0) is 86.1 Å². The normalized spacial score (nSPS) is 14.0. The van der Waals surface area contributed by atoms with Crippen LogP contribution in [0, 0.1) is 0 Å². The van der Waals surface area contributed by atoms with E-state index in [4.69, 9.17) is 0 Å². The lowest BCUT2D eigenvalue weighted by molar-refractivity contribution is 1.14. The van der Waals surface area contributed by atoms with Crippen molar-refractivity contribution < 1.29 is 0 Å². The maximum atomic E-state index is 3.84. The molecule has 0 radical (unpaired) electrons. The lowest BCUT2D eigenvalue weighted by Gasteiger charge is -2.26. The molecule has 0 fully saturated rings. The molecule has 1 aliphatic rings. The van der Waals surface area contributed by atoms with Crippen LogP contribution < -0.4 is 10.2 Å². The minimum absolute atomic E-state index is 0.201. The number of hydrogen-bond donors (Lipinski definition) is 1. The molecule has 0 aromatic heterocycles. The Morgan fingerprint density at radius 1 is 0.435 bits per heavy atom. The van der Waals surface area contributed by atoms with E-state index in [0.717, 1.165) is 17.1 Å². The smallest absolute Gasteiger partial charge is 0.103 e. The molecule has 1 aliphatic heterocycles. The highest BCUT2D eigenvalue weighted by Crippen LogP contribution is 2.53.